The highest BCUT2D eigenvalue weighted by molar-refractivity contribution is 5.73. The first-order valence-corrected chi connectivity index (χ1v) is 5.18. The van der Waals surface area contributed by atoms with E-state index >= 15 is 0 Å². The van der Waals surface area contributed by atoms with Gasteiger partial charge in [-0.25, -0.2) is 0 Å². The Morgan fingerprint density at radius 3 is 2.76 bits per heavy atom. The smallest absolute Gasteiger partial charge is 0.320 e. The molecular formula is C10H13N3O4. The summed E-state index contributed by atoms with van der Waals surface area (Å²) >= 11 is 0. The van der Waals surface area contributed by atoms with Crippen LogP contribution < -0.4 is 14.8 Å². The topological polar surface area (TPSA) is 93.6 Å². The number of aromatic nitrogens is 2. The summed E-state index contributed by atoms with van der Waals surface area (Å²) in [5.74, 6) is -0.322. The van der Waals surface area contributed by atoms with Crippen molar-refractivity contribution < 1.29 is 19.4 Å². The minimum absolute atomic E-state index is 0.218. The van der Waals surface area contributed by atoms with Gasteiger partial charge in [0.1, 0.15) is 12.1 Å². The highest BCUT2D eigenvalue weighted by atomic mass is 16.5. The second kappa shape index (κ2) is 4.96. The zero-order valence-electron chi connectivity index (χ0n) is 9.29. The number of aliphatic carboxylic acids is 1. The molecule has 1 aromatic rings. The highest BCUT2D eigenvalue weighted by Crippen LogP contribution is 2.15. The third-order valence-corrected chi connectivity index (χ3v) is 2.50. The minimum atomic E-state index is -0.869. The first kappa shape index (κ1) is 11.6. The molecule has 2 heterocycles. The largest absolute Gasteiger partial charge is 0.494 e. The number of carboxylic acids is 1. The van der Waals surface area contributed by atoms with E-state index in [9.17, 15) is 4.79 Å². The summed E-state index contributed by atoms with van der Waals surface area (Å²) in [6.07, 6.45) is 3.19. The van der Waals surface area contributed by atoms with Gasteiger partial charge in [-0.05, 0) is 0 Å². The molecule has 1 aliphatic rings. The van der Waals surface area contributed by atoms with Crippen LogP contribution >= 0.6 is 0 Å². The van der Waals surface area contributed by atoms with Gasteiger partial charge in [0.05, 0.1) is 19.5 Å². The molecule has 0 bridgehead atoms. The molecule has 0 radical (unpaired) electrons. The number of hydrogen-bond acceptors (Lipinski definition) is 6. The maximum Gasteiger partial charge on any atom is 0.320 e. The fraction of sp³-hybridized carbons (Fsp3) is 0.500. The second-order valence-electron chi connectivity index (χ2n) is 3.68. The van der Waals surface area contributed by atoms with Crippen molar-refractivity contribution >= 4 is 5.97 Å². The SMILES string of the molecule is COc1cnc(OC2CNC(C(=O)O)C2)nc1. The first-order chi connectivity index (χ1) is 8.19. The fourth-order valence-electron chi connectivity index (χ4n) is 1.60. The summed E-state index contributed by atoms with van der Waals surface area (Å²) in [4.78, 5) is 18.6. The lowest BCUT2D eigenvalue weighted by molar-refractivity contribution is -0.139. The van der Waals surface area contributed by atoms with Gasteiger partial charge in [-0.3, -0.25) is 4.79 Å². The summed E-state index contributed by atoms with van der Waals surface area (Å²) in [6, 6.07) is -0.332. The van der Waals surface area contributed by atoms with Crippen LogP contribution in [-0.2, 0) is 4.79 Å². The zero-order valence-corrected chi connectivity index (χ0v) is 9.29. The van der Waals surface area contributed by atoms with Crippen LogP contribution in [0.2, 0.25) is 0 Å². The summed E-state index contributed by atoms with van der Waals surface area (Å²) in [5.41, 5.74) is 0. The Labute approximate surface area is 97.8 Å². The number of nitrogens with one attached hydrogen (secondary N) is 1. The van der Waals surface area contributed by atoms with E-state index in [-0.39, 0.29) is 12.1 Å². The molecular weight excluding hydrogens is 226 g/mol. The van der Waals surface area contributed by atoms with Crippen LogP contribution in [-0.4, -0.2) is 46.8 Å². The molecule has 1 saturated heterocycles. The predicted octanol–water partition coefficient (Wildman–Crippen LogP) is -0.321. The summed E-state index contributed by atoms with van der Waals surface area (Å²) < 4.78 is 10.4. The maximum atomic E-state index is 10.7. The van der Waals surface area contributed by atoms with E-state index < -0.39 is 12.0 Å². The zero-order chi connectivity index (χ0) is 12.3. The van der Waals surface area contributed by atoms with Crippen LogP contribution in [0.25, 0.3) is 0 Å². The quantitative estimate of drug-likeness (QED) is 0.743. The molecule has 2 rings (SSSR count). The Kier molecular flexibility index (Phi) is 3.38. The summed E-state index contributed by atoms with van der Waals surface area (Å²) in [7, 11) is 1.53. The van der Waals surface area contributed by atoms with Crippen molar-refractivity contribution in [3.8, 4) is 11.8 Å². The van der Waals surface area contributed by atoms with Crippen LogP contribution in [0.15, 0.2) is 12.4 Å². The van der Waals surface area contributed by atoms with E-state index in [1.165, 1.54) is 19.5 Å². The van der Waals surface area contributed by atoms with Gasteiger partial charge >= 0.3 is 12.0 Å². The van der Waals surface area contributed by atoms with Crippen molar-refractivity contribution in [1.29, 1.82) is 0 Å². The molecule has 0 saturated carbocycles. The fourth-order valence-corrected chi connectivity index (χ4v) is 1.60. The average Bonchev–Trinajstić information content (AvgIpc) is 2.79. The van der Waals surface area contributed by atoms with E-state index in [0.717, 1.165) is 0 Å². The van der Waals surface area contributed by atoms with Crippen molar-refractivity contribution in [3.63, 3.8) is 0 Å². The molecule has 1 aliphatic heterocycles. The van der Waals surface area contributed by atoms with Crippen LogP contribution in [0, 0.1) is 0 Å². The van der Waals surface area contributed by atoms with Crippen LogP contribution in [0.3, 0.4) is 0 Å². The van der Waals surface area contributed by atoms with E-state index in [1.54, 1.807) is 0 Å². The number of nitrogens with zero attached hydrogens (tertiary/aromatic N) is 2. The van der Waals surface area contributed by atoms with Gasteiger partial charge in [0.25, 0.3) is 0 Å². The van der Waals surface area contributed by atoms with E-state index in [4.69, 9.17) is 14.6 Å². The average molecular weight is 239 g/mol. The van der Waals surface area contributed by atoms with Crippen LogP contribution in [0.5, 0.6) is 11.8 Å². The van der Waals surface area contributed by atoms with E-state index in [2.05, 4.69) is 15.3 Å². The summed E-state index contributed by atoms with van der Waals surface area (Å²) in [5, 5.41) is 11.6. The molecule has 0 spiro atoms. The lowest BCUT2D eigenvalue weighted by atomic mass is 10.2. The Balaban J connectivity index is 1.91. The lowest BCUT2D eigenvalue weighted by Crippen LogP contribution is -2.30. The molecule has 7 heteroatoms. The molecule has 7 nitrogen and oxygen atoms in total. The van der Waals surface area contributed by atoms with Crippen molar-refractivity contribution in [1.82, 2.24) is 15.3 Å². The molecule has 0 aliphatic carbocycles. The first-order valence-electron chi connectivity index (χ1n) is 5.18. The van der Waals surface area contributed by atoms with E-state index in [0.29, 0.717) is 18.7 Å². The van der Waals surface area contributed by atoms with Gasteiger partial charge in [0.15, 0.2) is 5.75 Å². The van der Waals surface area contributed by atoms with Crippen LogP contribution in [0.4, 0.5) is 0 Å². The van der Waals surface area contributed by atoms with E-state index in [1.807, 2.05) is 0 Å². The van der Waals surface area contributed by atoms with Crippen LogP contribution in [0.1, 0.15) is 6.42 Å². The van der Waals surface area contributed by atoms with Gasteiger partial charge in [-0.15, -0.1) is 0 Å². The molecule has 1 aromatic heterocycles. The third kappa shape index (κ3) is 2.82. The standard InChI is InChI=1S/C10H13N3O4/c1-16-7-4-12-10(13-5-7)17-6-2-8(9(14)15)11-3-6/h4-6,8,11H,2-3H2,1H3,(H,14,15). The minimum Gasteiger partial charge on any atom is -0.494 e. The van der Waals surface area contributed by atoms with Gasteiger partial charge in [-0.1, -0.05) is 0 Å². The Hall–Kier alpha value is -1.89. The number of carbonyl (C=O) groups is 1. The molecule has 2 N–H and O–H groups in total. The lowest BCUT2D eigenvalue weighted by Gasteiger charge is -2.10. The van der Waals surface area contributed by atoms with Gasteiger partial charge in [-0.2, -0.15) is 9.97 Å². The Bertz CT molecular complexity index is 395. The van der Waals surface area contributed by atoms with Gasteiger partial charge in [0, 0.05) is 13.0 Å². The predicted molar refractivity (Wildman–Crippen MR) is 57.0 cm³/mol. The Morgan fingerprint density at radius 1 is 1.53 bits per heavy atom. The van der Waals surface area contributed by atoms with Crippen molar-refractivity contribution in [2.75, 3.05) is 13.7 Å². The normalized spacial score (nSPS) is 23.4. The van der Waals surface area contributed by atoms with Crippen molar-refractivity contribution in [2.24, 2.45) is 0 Å². The Morgan fingerprint density at radius 2 is 2.24 bits per heavy atom. The molecule has 0 aromatic carbocycles. The molecule has 92 valence electrons. The number of hydrogen-bond donors (Lipinski definition) is 2. The molecule has 1 fully saturated rings. The number of rotatable bonds is 4. The molecule has 17 heavy (non-hydrogen) atoms. The maximum absolute atomic E-state index is 10.7. The number of ether oxygens (including phenoxy) is 2. The monoisotopic (exact) mass is 239 g/mol. The van der Waals surface area contributed by atoms with Gasteiger partial charge in [0.2, 0.25) is 0 Å². The third-order valence-electron chi connectivity index (χ3n) is 2.50. The molecule has 2 atom stereocenters. The van der Waals surface area contributed by atoms with Crippen molar-refractivity contribution in [2.45, 2.75) is 18.6 Å². The highest BCUT2D eigenvalue weighted by Gasteiger charge is 2.30. The molecule has 0 amide bonds. The number of carboxylic acid groups (broad SMARTS) is 1. The second-order valence-corrected chi connectivity index (χ2v) is 3.68. The molecule has 2 unspecified atom stereocenters. The van der Waals surface area contributed by atoms with Crippen molar-refractivity contribution in [3.05, 3.63) is 12.4 Å². The summed E-state index contributed by atoms with van der Waals surface area (Å²) in [6.45, 7) is 0.479. The number of methoxy groups -OCH3 is 1. The van der Waals surface area contributed by atoms with Gasteiger partial charge < -0.3 is 19.9 Å².